The number of anilines is 1. The fourth-order valence-corrected chi connectivity index (χ4v) is 2.66. The zero-order chi connectivity index (χ0) is 19.6. The molecule has 0 aromatic heterocycles. The summed E-state index contributed by atoms with van der Waals surface area (Å²) in [6.07, 6.45) is 1.87. The molecule has 0 radical (unpaired) electrons. The minimum absolute atomic E-state index is 0.0836. The van der Waals surface area contributed by atoms with Gasteiger partial charge in [-0.25, -0.2) is 0 Å². The smallest absolute Gasteiger partial charge is 0.262 e. The third kappa shape index (κ3) is 6.13. The summed E-state index contributed by atoms with van der Waals surface area (Å²) in [7, 11) is 0. The lowest BCUT2D eigenvalue weighted by atomic mass is 9.98. The Labute approximate surface area is 161 Å². The molecule has 0 spiro atoms. The van der Waals surface area contributed by atoms with E-state index in [1.54, 1.807) is 24.3 Å². The number of rotatable bonds is 9. The van der Waals surface area contributed by atoms with E-state index in [0.717, 1.165) is 24.2 Å². The van der Waals surface area contributed by atoms with Gasteiger partial charge in [0.25, 0.3) is 11.8 Å². The van der Waals surface area contributed by atoms with Gasteiger partial charge in [0.05, 0.1) is 0 Å². The maximum Gasteiger partial charge on any atom is 0.262 e. The molecule has 2 N–H and O–H groups in total. The molecule has 0 aliphatic heterocycles. The van der Waals surface area contributed by atoms with Crippen molar-refractivity contribution in [3.63, 3.8) is 0 Å². The Morgan fingerprint density at radius 3 is 2.59 bits per heavy atom. The zero-order valence-electron chi connectivity index (χ0n) is 16.2. The first-order chi connectivity index (χ1) is 13.0. The van der Waals surface area contributed by atoms with Gasteiger partial charge >= 0.3 is 0 Å². The molecule has 2 rings (SSSR count). The van der Waals surface area contributed by atoms with Crippen LogP contribution in [0.1, 0.15) is 55.5 Å². The minimum Gasteiger partial charge on any atom is -0.483 e. The van der Waals surface area contributed by atoms with Crippen LogP contribution in [0.15, 0.2) is 48.5 Å². The molecule has 0 bridgehead atoms. The predicted octanol–water partition coefficient (Wildman–Crippen LogP) is 4.36. The molecule has 2 aromatic carbocycles. The number of nitrogens with one attached hydrogen (secondary N) is 2. The highest BCUT2D eigenvalue weighted by molar-refractivity contribution is 5.97. The maximum absolute atomic E-state index is 12.3. The molecule has 5 nitrogen and oxygen atoms in total. The molecule has 5 heteroatoms. The first-order valence-corrected chi connectivity index (χ1v) is 9.45. The highest BCUT2D eigenvalue weighted by Crippen LogP contribution is 2.28. The summed E-state index contributed by atoms with van der Waals surface area (Å²) in [6, 6.07) is 14.7. The third-order valence-electron chi connectivity index (χ3n) is 4.37. The van der Waals surface area contributed by atoms with Gasteiger partial charge in [-0.05, 0) is 48.6 Å². The van der Waals surface area contributed by atoms with Crippen molar-refractivity contribution in [1.29, 1.82) is 0 Å². The van der Waals surface area contributed by atoms with E-state index in [1.807, 2.05) is 31.2 Å². The van der Waals surface area contributed by atoms with Crippen molar-refractivity contribution >= 4 is 17.5 Å². The molecule has 1 atom stereocenters. The van der Waals surface area contributed by atoms with Gasteiger partial charge in [0.2, 0.25) is 0 Å². The summed E-state index contributed by atoms with van der Waals surface area (Å²) in [5, 5.41) is 5.60. The van der Waals surface area contributed by atoms with Crippen molar-refractivity contribution in [2.75, 3.05) is 18.5 Å². The highest BCUT2D eigenvalue weighted by atomic mass is 16.5. The molecule has 0 saturated heterocycles. The molecule has 0 saturated carbocycles. The van der Waals surface area contributed by atoms with Gasteiger partial charge in [0.1, 0.15) is 5.75 Å². The first-order valence-electron chi connectivity index (χ1n) is 9.45. The third-order valence-corrected chi connectivity index (χ3v) is 4.37. The average molecular weight is 368 g/mol. The summed E-state index contributed by atoms with van der Waals surface area (Å²) >= 11 is 0. The first kappa shape index (κ1) is 20.5. The predicted molar refractivity (Wildman–Crippen MR) is 108 cm³/mol. The van der Waals surface area contributed by atoms with Crippen LogP contribution < -0.4 is 15.4 Å². The van der Waals surface area contributed by atoms with E-state index in [0.29, 0.717) is 23.7 Å². The van der Waals surface area contributed by atoms with Crippen molar-refractivity contribution in [2.24, 2.45) is 0 Å². The SMILES string of the molecule is CCCNC(=O)c1cccc(NC(=O)COc2ccccc2C(C)CC)c1. The summed E-state index contributed by atoms with van der Waals surface area (Å²) in [5.74, 6) is 0.684. The summed E-state index contributed by atoms with van der Waals surface area (Å²) in [6.45, 7) is 6.80. The number of carbonyl (C=O) groups excluding carboxylic acids is 2. The summed E-state index contributed by atoms with van der Waals surface area (Å²) in [5.41, 5.74) is 2.19. The fourth-order valence-electron chi connectivity index (χ4n) is 2.66. The van der Waals surface area contributed by atoms with Gasteiger partial charge in [-0.15, -0.1) is 0 Å². The molecular formula is C22H28N2O3. The van der Waals surface area contributed by atoms with E-state index < -0.39 is 0 Å². The molecule has 1 unspecified atom stereocenters. The number of benzene rings is 2. The normalized spacial score (nSPS) is 11.5. The molecule has 0 aliphatic rings. The van der Waals surface area contributed by atoms with Crippen LogP contribution in [0.4, 0.5) is 5.69 Å². The number of para-hydroxylation sites is 1. The van der Waals surface area contributed by atoms with Crippen LogP contribution >= 0.6 is 0 Å². The Balaban J connectivity index is 1.96. The van der Waals surface area contributed by atoms with Crippen LogP contribution in [-0.2, 0) is 4.79 Å². The average Bonchev–Trinajstić information content (AvgIpc) is 2.70. The second-order valence-corrected chi connectivity index (χ2v) is 6.52. The topological polar surface area (TPSA) is 67.4 Å². The van der Waals surface area contributed by atoms with Crippen LogP contribution in [-0.4, -0.2) is 25.0 Å². The minimum atomic E-state index is -0.264. The second-order valence-electron chi connectivity index (χ2n) is 6.52. The zero-order valence-corrected chi connectivity index (χ0v) is 16.2. The lowest BCUT2D eigenvalue weighted by Crippen LogP contribution is -2.24. The van der Waals surface area contributed by atoms with Crippen molar-refractivity contribution < 1.29 is 14.3 Å². The summed E-state index contributed by atoms with van der Waals surface area (Å²) in [4.78, 5) is 24.3. The van der Waals surface area contributed by atoms with Crippen LogP contribution in [0.2, 0.25) is 0 Å². The van der Waals surface area contributed by atoms with E-state index >= 15 is 0 Å². The largest absolute Gasteiger partial charge is 0.483 e. The van der Waals surface area contributed by atoms with Gasteiger partial charge in [0.15, 0.2) is 6.61 Å². The van der Waals surface area contributed by atoms with Gasteiger partial charge in [-0.1, -0.05) is 45.0 Å². The molecule has 2 amide bonds. The van der Waals surface area contributed by atoms with Crippen LogP contribution in [0.5, 0.6) is 5.75 Å². The molecule has 144 valence electrons. The van der Waals surface area contributed by atoms with Crippen molar-refractivity contribution in [1.82, 2.24) is 5.32 Å². The van der Waals surface area contributed by atoms with Gasteiger partial charge in [-0.3, -0.25) is 9.59 Å². The molecule has 0 aliphatic carbocycles. The number of hydrogen-bond acceptors (Lipinski definition) is 3. The van der Waals surface area contributed by atoms with Gasteiger partial charge < -0.3 is 15.4 Å². The van der Waals surface area contributed by atoms with Crippen molar-refractivity contribution in [3.05, 3.63) is 59.7 Å². The van der Waals surface area contributed by atoms with E-state index in [2.05, 4.69) is 24.5 Å². The monoisotopic (exact) mass is 368 g/mol. The lowest BCUT2D eigenvalue weighted by molar-refractivity contribution is -0.118. The molecule has 0 fully saturated rings. The second kappa shape index (κ2) is 10.4. The van der Waals surface area contributed by atoms with Crippen LogP contribution in [0.3, 0.4) is 0 Å². The Hall–Kier alpha value is -2.82. The van der Waals surface area contributed by atoms with Crippen molar-refractivity contribution in [3.8, 4) is 5.75 Å². The van der Waals surface area contributed by atoms with E-state index in [-0.39, 0.29) is 18.4 Å². The molecular weight excluding hydrogens is 340 g/mol. The van der Waals surface area contributed by atoms with Crippen molar-refractivity contribution in [2.45, 2.75) is 39.5 Å². The maximum atomic E-state index is 12.3. The van der Waals surface area contributed by atoms with Gasteiger partial charge in [-0.2, -0.15) is 0 Å². The van der Waals surface area contributed by atoms with E-state index in [4.69, 9.17) is 4.74 Å². The molecule has 0 heterocycles. The van der Waals surface area contributed by atoms with E-state index in [9.17, 15) is 9.59 Å². The number of ether oxygens (including phenoxy) is 1. The van der Waals surface area contributed by atoms with Crippen LogP contribution in [0, 0.1) is 0 Å². The lowest BCUT2D eigenvalue weighted by Gasteiger charge is -2.15. The number of hydrogen-bond donors (Lipinski definition) is 2. The quantitative estimate of drug-likeness (QED) is 0.691. The van der Waals surface area contributed by atoms with Gasteiger partial charge in [0, 0.05) is 17.8 Å². The molecule has 2 aromatic rings. The Morgan fingerprint density at radius 1 is 1.07 bits per heavy atom. The van der Waals surface area contributed by atoms with Crippen LogP contribution in [0.25, 0.3) is 0 Å². The summed E-state index contributed by atoms with van der Waals surface area (Å²) < 4.78 is 5.73. The highest BCUT2D eigenvalue weighted by Gasteiger charge is 2.12. The Kier molecular flexibility index (Phi) is 7.86. The molecule has 27 heavy (non-hydrogen) atoms. The van der Waals surface area contributed by atoms with E-state index in [1.165, 1.54) is 0 Å². The Bertz CT molecular complexity index is 774. The fraction of sp³-hybridized carbons (Fsp3) is 0.364. The standard InChI is InChI=1S/C22H28N2O3/c1-4-13-23-22(26)17-9-8-10-18(14-17)24-21(25)15-27-20-12-7-6-11-19(20)16(3)5-2/h6-12,14,16H,4-5,13,15H2,1-3H3,(H,23,26)(H,24,25). The number of carbonyl (C=O) groups is 2. The Morgan fingerprint density at radius 2 is 1.85 bits per heavy atom. The number of amides is 2.